The monoisotopic (exact) mass is 589 g/mol. The normalized spacial score (nSPS) is 53.7. The minimum absolute atomic E-state index is 0.102. The van der Waals surface area contributed by atoms with Gasteiger partial charge in [0.2, 0.25) is 0 Å². The molecule has 5 saturated carbocycles. The Bertz CT molecular complexity index is 1240. The number of nitrogens with zero attached hydrogens (tertiary/aromatic N) is 1. The summed E-state index contributed by atoms with van der Waals surface area (Å²) < 4.78 is 30.3. The maximum atomic E-state index is 13.5. The van der Waals surface area contributed by atoms with E-state index in [2.05, 4.69) is 4.90 Å². The van der Waals surface area contributed by atoms with Crippen molar-refractivity contribution in [2.75, 3.05) is 48.6 Å². The molecule has 1 saturated heterocycles. The number of benzene rings is 1. The van der Waals surface area contributed by atoms with Crippen molar-refractivity contribution in [3.63, 3.8) is 0 Å². The van der Waals surface area contributed by atoms with Crippen molar-refractivity contribution < 1.29 is 48.9 Å². The average molecular weight is 590 g/mol. The molecule has 0 amide bonds. The number of hydrogen-bond donors (Lipinski definition) is 4. The van der Waals surface area contributed by atoms with Gasteiger partial charge >= 0.3 is 5.97 Å². The number of carbonyl (C=O) groups excluding carboxylic acids is 1. The Labute approximate surface area is 245 Å². The lowest BCUT2D eigenvalue weighted by molar-refractivity contribution is -0.318. The van der Waals surface area contributed by atoms with Gasteiger partial charge < -0.3 is 49.0 Å². The standard InChI is InChI=1S/C31H43NO10/c1-32-13-28(14-38-2)17(33)11-18(39-3)30-16-12-29(36)25(42-27(35)15-9-7-6-8-10-15)19(16)31(37,24(34)26(29)41-5)20(23(30)32)21(40-4)22(28)30/h6-10,16-26,33-34,36-37H,11-14H2,1-5H3/t16-,17-,18+,19-,20+,21+,22+,23-,24+,25+,26+,28+,29+,30-,31-/m1/s1. The summed E-state index contributed by atoms with van der Waals surface area (Å²) in [5.74, 6) is -2.96. The van der Waals surface area contributed by atoms with Gasteiger partial charge in [-0.15, -0.1) is 0 Å². The number of aliphatic hydroxyl groups is 4. The van der Waals surface area contributed by atoms with Gasteiger partial charge in [0.1, 0.15) is 29.5 Å². The molecule has 0 unspecified atom stereocenters. The molecule has 42 heavy (non-hydrogen) atoms. The molecule has 1 aromatic rings. The zero-order chi connectivity index (χ0) is 30.0. The summed E-state index contributed by atoms with van der Waals surface area (Å²) in [4.78, 5) is 15.7. The van der Waals surface area contributed by atoms with Crippen LogP contribution in [0.5, 0.6) is 0 Å². The lowest BCUT2D eigenvalue weighted by atomic mass is 9.42. The molecule has 0 aromatic heterocycles. The summed E-state index contributed by atoms with van der Waals surface area (Å²) in [6, 6.07) is 8.22. The third-order valence-corrected chi connectivity index (χ3v) is 12.6. The molecule has 4 N–H and O–H groups in total. The van der Waals surface area contributed by atoms with Crippen molar-refractivity contribution >= 4 is 5.97 Å². The number of ether oxygens (including phenoxy) is 5. The fraction of sp³-hybridized carbons (Fsp3) is 0.774. The summed E-state index contributed by atoms with van der Waals surface area (Å²) in [5, 5.41) is 49.4. The molecule has 1 aromatic carbocycles. The van der Waals surface area contributed by atoms with E-state index >= 15 is 0 Å². The molecule has 1 spiro atoms. The predicted molar refractivity (Wildman–Crippen MR) is 146 cm³/mol. The number of esters is 1. The van der Waals surface area contributed by atoms with Gasteiger partial charge in [-0.2, -0.15) is 0 Å². The molecule has 6 aliphatic rings. The van der Waals surface area contributed by atoms with Gasteiger partial charge in [-0.3, -0.25) is 0 Å². The first kappa shape index (κ1) is 29.1. The molecule has 7 bridgehead atoms. The van der Waals surface area contributed by atoms with Crippen molar-refractivity contribution in [3.8, 4) is 0 Å². The number of hydrogen-bond acceptors (Lipinski definition) is 11. The Hall–Kier alpha value is -1.67. The summed E-state index contributed by atoms with van der Waals surface area (Å²) >= 11 is 0. The second kappa shape index (κ2) is 9.42. The topological polar surface area (TPSA) is 147 Å². The van der Waals surface area contributed by atoms with E-state index in [0.717, 1.165) is 0 Å². The van der Waals surface area contributed by atoms with E-state index in [0.29, 0.717) is 18.5 Å². The molecule has 1 heterocycles. The number of rotatable bonds is 7. The van der Waals surface area contributed by atoms with Crippen molar-refractivity contribution in [1.29, 1.82) is 0 Å². The van der Waals surface area contributed by atoms with Crippen molar-refractivity contribution in [3.05, 3.63) is 35.9 Å². The second-order valence-electron chi connectivity index (χ2n) is 13.7. The van der Waals surface area contributed by atoms with Crippen LogP contribution in [0, 0.1) is 34.5 Å². The first-order valence-electron chi connectivity index (χ1n) is 14.9. The first-order chi connectivity index (χ1) is 20.0. The Balaban J connectivity index is 1.47. The van der Waals surface area contributed by atoms with Crippen LogP contribution in [0.1, 0.15) is 23.2 Å². The van der Waals surface area contributed by atoms with E-state index in [-0.39, 0.29) is 25.0 Å². The predicted octanol–water partition coefficient (Wildman–Crippen LogP) is -0.313. The zero-order valence-corrected chi connectivity index (χ0v) is 24.8. The third kappa shape index (κ3) is 3.05. The van der Waals surface area contributed by atoms with E-state index in [1.54, 1.807) is 51.7 Å². The molecule has 15 atom stereocenters. The SMILES string of the molecule is COC[C@]12CN(C)[C@@H]3[C@@H]4[C@H](OC)[C@@H]1[C@]3([C@@H](OC)C[C@H]2O)[C@@H]1C[C@]2(O)[C@@H](OC(=O)c3ccccc3)[C@@H]1[C@]4(O)[C@@H](O)[C@@H]2OC. The minimum atomic E-state index is -1.86. The summed E-state index contributed by atoms with van der Waals surface area (Å²) in [6.45, 7) is 0.760. The molecule has 232 valence electrons. The van der Waals surface area contributed by atoms with Crippen LogP contribution >= 0.6 is 0 Å². The van der Waals surface area contributed by atoms with E-state index in [1.165, 1.54) is 7.11 Å². The Morgan fingerprint density at radius 1 is 1.00 bits per heavy atom. The number of aliphatic hydroxyl groups excluding tert-OH is 2. The Morgan fingerprint density at radius 3 is 2.33 bits per heavy atom. The van der Waals surface area contributed by atoms with Crippen molar-refractivity contribution in [1.82, 2.24) is 4.90 Å². The van der Waals surface area contributed by atoms with Crippen LogP contribution in [0.3, 0.4) is 0 Å². The molecule has 0 radical (unpaired) electrons. The first-order valence-corrected chi connectivity index (χ1v) is 14.9. The van der Waals surface area contributed by atoms with Gasteiger partial charge in [-0.1, -0.05) is 18.2 Å². The quantitative estimate of drug-likeness (QED) is 0.311. The molecule has 6 fully saturated rings. The van der Waals surface area contributed by atoms with Gasteiger partial charge in [0, 0.05) is 76.0 Å². The summed E-state index contributed by atoms with van der Waals surface area (Å²) in [7, 11) is 8.22. The van der Waals surface area contributed by atoms with Crippen LogP contribution in [0.25, 0.3) is 0 Å². The number of methoxy groups -OCH3 is 4. The molecule has 7 rings (SSSR count). The Morgan fingerprint density at radius 2 is 1.71 bits per heavy atom. The van der Waals surface area contributed by atoms with Crippen molar-refractivity contribution in [2.24, 2.45) is 34.5 Å². The van der Waals surface area contributed by atoms with Gasteiger partial charge in [-0.05, 0) is 31.5 Å². The highest BCUT2D eigenvalue weighted by atomic mass is 16.6. The fourth-order valence-corrected chi connectivity index (χ4v) is 11.8. The van der Waals surface area contributed by atoms with E-state index in [4.69, 9.17) is 23.7 Å². The number of carbonyl (C=O) groups is 1. The molecule has 5 aliphatic carbocycles. The highest BCUT2D eigenvalue weighted by Crippen LogP contribution is 2.80. The third-order valence-electron chi connectivity index (χ3n) is 12.6. The average Bonchev–Trinajstić information content (AvgIpc) is 3.37. The van der Waals surface area contributed by atoms with Crippen LogP contribution < -0.4 is 0 Å². The van der Waals surface area contributed by atoms with E-state index in [1.807, 2.05) is 7.05 Å². The molecule has 1 aliphatic heterocycles. The molecular formula is C31H43NO10. The van der Waals surface area contributed by atoms with Crippen LogP contribution in [-0.2, 0) is 23.7 Å². The lowest BCUT2D eigenvalue weighted by Crippen LogP contribution is -2.80. The van der Waals surface area contributed by atoms with Gasteiger partial charge in [0.25, 0.3) is 0 Å². The molecule has 11 nitrogen and oxygen atoms in total. The fourth-order valence-electron chi connectivity index (χ4n) is 11.8. The highest BCUT2D eigenvalue weighted by molar-refractivity contribution is 5.89. The van der Waals surface area contributed by atoms with Crippen LogP contribution in [0.15, 0.2) is 30.3 Å². The Kier molecular flexibility index (Phi) is 6.52. The molecule has 11 heteroatoms. The van der Waals surface area contributed by atoms with E-state index < -0.39 is 82.4 Å². The maximum absolute atomic E-state index is 13.5. The van der Waals surface area contributed by atoms with Gasteiger partial charge in [-0.25, -0.2) is 4.79 Å². The van der Waals surface area contributed by atoms with E-state index in [9.17, 15) is 25.2 Å². The summed E-state index contributed by atoms with van der Waals surface area (Å²) in [6.07, 6.45) is -5.28. The maximum Gasteiger partial charge on any atom is 0.338 e. The van der Waals surface area contributed by atoms with Crippen LogP contribution in [0.4, 0.5) is 0 Å². The smallest absolute Gasteiger partial charge is 0.338 e. The minimum Gasteiger partial charge on any atom is -0.455 e. The summed E-state index contributed by atoms with van der Waals surface area (Å²) in [5.41, 5.74) is -4.81. The molecular weight excluding hydrogens is 546 g/mol. The van der Waals surface area contributed by atoms with Gasteiger partial charge in [0.05, 0.1) is 30.5 Å². The van der Waals surface area contributed by atoms with Gasteiger partial charge in [0.15, 0.2) is 0 Å². The number of fused-ring (bicyclic) bond motifs is 2. The number of likely N-dealkylation sites (tertiary alicyclic amines) is 1. The highest BCUT2D eigenvalue weighted by Gasteiger charge is 2.91. The van der Waals surface area contributed by atoms with Crippen LogP contribution in [0.2, 0.25) is 0 Å². The van der Waals surface area contributed by atoms with Crippen LogP contribution in [-0.4, -0.2) is 134 Å². The number of piperidine rings is 1. The lowest BCUT2D eigenvalue weighted by Gasteiger charge is -2.69. The second-order valence-corrected chi connectivity index (χ2v) is 13.7. The van der Waals surface area contributed by atoms with Crippen molar-refractivity contribution in [2.45, 2.75) is 66.7 Å². The largest absolute Gasteiger partial charge is 0.455 e. The zero-order valence-electron chi connectivity index (χ0n) is 24.8.